The summed E-state index contributed by atoms with van der Waals surface area (Å²) >= 11 is 0. The van der Waals surface area contributed by atoms with Crippen molar-refractivity contribution in [3.8, 4) is 5.75 Å². The number of hydrogen-bond donors (Lipinski definition) is 1. The Hall–Kier alpha value is -1.06. The van der Waals surface area contributed by atoms with Gasteiger partial charge in [-0.25, -0.2) is 0 Å². The standard InChI is InChI=1S/C15H24N2O/c1-13-5-3-6-15(11-13)18-10-4-8-17-9-7-16-14(2)12-17/h3,5-6,11,14,16H,4,7-10,12H2,1-2H3/t14-/m1/s1. The van der Waals surface area contributed by atoms with Crippen molar-refractivity contribution in [3.05, 3.63) is 29.8 Å². The molecule has 1 aromatic rings. The lowest BCUT2D eigenvalue weighted by molar-refractivity contribution is 0.189. The molecule has 100 valence electrons. The molecule has 1 saturated heterocycles. The van der Waals surface area contributed by atoms with Gasteiger partial charge in [0.2, 0.25) is 0 Å². The molecule has 1 fully saturated rings. The van der Waals surface area contributed by atoms with E-state index in [0.717, 1.165) is 45.0 Å². The van der Waals surface area contributed by atoms with Gasteiger partial charge in [-0.1, -0.05) is 12.1 Å². The molecule has 3 nitrogen and oxygen atoms in total. The fourth-order valence-corrected chi connectivity index (χ4v) is 2.40. The first-order valence-corrected chi connectivity index (χ1v) is 6.89. The van der Waals surface area contributed by atoms with Crippen LogP contribution in [0, 0.1) is 6.92 Å². The Kier molecular flexibility index (Phi) is 5.02. The van der Waals surface area contributed by atoms with E-state index in [1.807, 2.05) is 12.1 Å². The van der Waals surface area contributed by atoms with E-state index in [1.54, 1.807) is 0 Å². The van der Waals surface area contributed by atoms with E-state index in [2.05, 4.69) is 36.2 Å². The molecule has 0 bridgehead atoms. The van der Waals surface area contributed by atoms with Crippen LogP contribution in [0.1, 0.15) is 18.9 Å². The lowest BCUT2D eigenvalue weighted by atomic mass is 10.2. The van der Waals surface area contributed by atoms with Gasteiger partial charge < -0.3 is 15.0 Å². The van der Waals surface area contributed by atoms with Crippen molar-refractivity contribution in [1.29, 1.82) is 0 Å². The number of nitrogens with zero attached hydrogens (tertiary/aromatic N) is 1. The Morgan fingerprint density at radius 3 is 3.11 bits per heavy atom. The molecule has 0 unspecified atom stereocenters. The third kappa shape index (κ3) is 4.31. The zero-order valence-electron chi connectivity index (χ0n) is 11.5. The van der Waals surface area contributed by atoms with E-state index < -0.39 is 0 Å². The van der Waals surface area contributed by atoms with Crippen LogP contribution in [-0.2, 0) is 0 Å². The zero-order valence-corrected chi connectivity index (χ0v) is 11.5. The van der Waals surface area contributed by atoms with Crippen molar-refractivity contribution in [2.24, 2.45) is 0 Å². The summed E-state index contributed by atoms with van der Waals surface area (Å²) in [5.74, 6) is 0.990. The van der Waals surface area contributed by atoms with E-state index >= 15 is 0 Å². The van der Waals surface area contributed by atoms with E-state index in [9.17, 15) is 0 Å². The van der Waals surface area contributed by atoms with Crippen LogP contribution in [0.2, 0.25) is 0 Å². The third-order valence-electron chi connectivity index (χ3n) is 3.33. The maximum atomic E-state index is 5.76. The third-order valence-corrected chi connectivity index (χ3v) is 3.33. The molecule has 1 heterocycles. The summed E-state index contributed by atoms with van der Waals surface area (Å²) < 4.78 is 5.76. The number of ether oxygens (including phenoxy) is 1. The Morgan fingerprint density at radius 1 is 1.44 bits per heavy atom. The number of hydrogen-bond acceptors (Lipinski definition) is 3. The second-order valence-corrected chi connectivity index (χ2v) is 5.17. The summed E-state index contributed by atoms with van der Waals surface area (Å²) in [4.78, 5) is 2.51. The zero-order chi connectivity index (χ0) is 12.8. The molecule has 0 amide bonds. The van der Waals surface area contributed by atoms with Gasteiger partial charge >= 0.3 is 0 Å². The monoisotopic (exact) mass is 248 g/mol. The number of nitrogens with one attached hydrogen (secondary N) is 1. The van der Waals surface area contributed by atoms with Crippen LogP contribution >= 0.6 is 0 Å². The molecular formula is C15H24N2O. The van der Waals surface area contributed by atoms with Gasteiger partial charge in [-0.3, -0.25) is 0 Å². The average molecular weight is 248 g/mol. The molecule has 18 heavy (non-hydrogen) atoms. The molecule has 1 N–H and O–H groups in total. The predicted molar refractivity (Wildman–Crippen MR) is 75.2 cm³/mol. The van der Waals surface area contributed by atoms with E-state index in [-0.39, 0.29) is 0 Å². The van der Waals surface area contributed by atoms with Crippen LogP contribution < -0.4 is 10.1 Å². The van der Waals surface area contributed by atoms with Gasteiger partial charge in [0, 0.05) is 32.2 Å². The Morgan fingerprint density at radius 2 is 2.33 bits per heavy atom. The number of aryl methyl sites for hydroxylation is 1. The van der Waals surface area contributed by atoms with Crippen molar-refractivity contribution in [2.45, 2.75) is 26.3 Å². The summed E-state index contributed by atoms with van der Waals surface area (Å²) in [6.07, 6.45) is 1.10. The van der Waals surface area contributed by atoms with Crippen LogP contribution in [0.25, 0.3) is 0 Å². The van der Waals surface area contributed by atoms with Crippen molar-refractivity contribution in [1.82, 2.24) is 10.2 Å². The van der Waals surface area contributed by atoms with Crippen molar-refractivity contribution in [2.75, 3.05) is 32.8 Å². The summed E-state index contributed by atoms with van der Waals surface area (Å²) in [5.41, 5.74) is 1.25. The van der Waals surface area contributed by atoms with Gasteiger partial charge in [0.15, 0.2) is 0 Å². The Labute approximate surface area is 110 Å². The van der Waals surface area contributed by atoms with E-state index in [1.165, 1.54) is 5.56 Å². The Balaban J connectivity index is 1.64. The van der Waals surface area contributed by atoms with E-state index in [0.29, 0.717) is 6.04 Å². The minimum atomic E-state index is 0.622. The van der Waals surface area contributed by atoms with Crippen LogP contribution in [0.5, 0.6) is 5.75 Å². The van der Waals surface area contributed by atoms with Gasteiger partial charge in [0.1, 0.15) is 5.75 Å². The Bertz CT molecular complexity index is 367. The molecule has 1 aliphatic rings. The van der Waals surface area contributed by atoms with Crippen LogP contribution in [0.3, 0.4) is 0 Å². The van der Waals surface area contributed by atoms with Crippen LogP contribution in [-0.4, -0.2) is 43.7 Å². The van der Waals surface area contributed by atoms with Gasteiger partial charge in [-0.05, 0) is 38.0 Å². The van der Waals surface area contributed by atoms with Gasteiger partial charge in [-0.2, -0.15) is 0 Å². The molecular weight excluding hydrogens is 224 g/mol. The quantitative estimate of drug-likeness (QED) is 0.807. The van der Waals surface area contributed by atoms with Crippen LogP contribution in [0.15, 0.2) is 24.3 Å². The van der Waals surface area contributed by atoms with Crippen LogP contribution in [0.4, 0.5) is 0 Å². The molecule has 1 aliphatic heterocycles. The highest BCUT2D eigenvalue weighted by atomic mass is 16.5. The first-order chi connectivity index (χ1) is 8.74. The number of rotatable bonds is 5. The van der Waals surface area contributed by atoms with Gasteiger partial charge in [0.25, 0.3) is 0 Å². The highest BCUT2D eigenvalue weighted by Crippen LogP contribution is 2.12. The second kappa shape index (κ2) is 6.76. The molecule has 0 saturated carbocycles. The first kappa shape index (κ1) is 13.4. The maximum absolute atomic E-state index is 5.76. The minimum absolute atomic E-state index is 0.622. The van der Waals surface area contributed by atoms with Crippen molar-refractivity contribution < 1.29 is 4.74 Å². The summed E-state index contributed by atoms with van der Waals surface area (Å²) in [7, 11) is 0. The lowest BCUT2D eigenvalue weighted by Gasteiger charge is -2.31. The highest BCUT2D eigenvalue weighted by molar-refractivity contribution is 5.27. The molecule has 2 rings (SSSR count). The molecule has 0 spiro atoms. The molecule has 3 heteroatoms. The minimum Gasteiger partial charge on any atom is -0.494 e. The summed E-state index contributed by atoms with van der Waals surface area (Å²) in [6, 6.07) is 8.88. The predicted octanol–water partition coefficient (Wildman–Crippen LogP) is 2.06. The average Bonchev–Trinajstić information content (AvgIpc) is 2.35. The maximum Gasteiger partial charge on any atom is 0.119 e. The second-order valence-electron chi connectivity index (χ2n) is 5.17. The molecule has 0 aromatic heterocycles. The summed E-state index contributed by atoms with van der Waals surface area (Å²) in [5, 5.41) is 3.46. The number of benzene rings is 1. The summed E-state index contributed by atoms with van der Waals surface area (Å²) in [6.45, 7) is 9.71. The molecule has 0 aliphatic carbocycles. The fraction of sp³-hybridized carbons (Fsp3) is 0.600. The largest absolute Gasteiger partial charge is 0.494 e. The normalized spacial score (nSPS) is 20.9. The van der Waals surface area contributed by atoms with Crippen molar-refractivity contribution in [3.63, 3.8) is 0 Å². The number of piperazine rings is 1. The first-order valence-electron chi connectivity index (χ1n) is 6.89. The molecule has 1 atom stereocenters. The van der Waals surface area contributed by atoms with Gasteiger partial charge in [-0.15, -0.1) is 0 Å². The van der Waals surface area contributed by atoms with Gasteiger partial charge in [0.05, 0.1) is 6.61 Å². The fourth-order valence-electron chi connectivity index (χ4n) is 2.40. The lowest BCUT2D eigenvalue weighted by Crippen LogP contribution is -2.49. The highest BCUT2D eigenvalue weighted by Gasteiger charge is 2.14. The SMILES string of the molecule is Cc1cccc(OCCCN2CCN[C@H](C)C2)c1. The van der Waals surface area contributed by atoms with Crippen molar-refractivity contribution >= 4 is 0 Å². The van der Waals surface area contributed by atoms with E-state index in [4.69, 9.17) is 4.74 Å². The molecule has 1 aromatic carbocycles. The topological polar surface area (TPSA) is 24.5 Å². The smallest absolute Gasteiger partial charge is 0.119 e. The molecule has 0 radical (unpaired) electrons.